The van der Waals surface area contributed by atoms with E-state index in [-0.39, 0.29) is 29.9 Å². The van der Waals surface area contributed by atoms with Gasteiger partial charge in [0, 0.05) is 32.7 Å². The van der Waals surface area contributed by atoms with Gasteiger partial charge in [-0.05, 0) is 5.56 Å². The maximum Gasteiger partial charge on any atom is 0.188 e. The highest BCUT2D eigenvalue weighted by Gasteiger charge is 2.17. The van der Waals surface area contributed by atoms with Gasteiger partial charge in [-0.15, -0.1) is 24.0 Å². The third-order valence-corrected chi connectivity index (χ3v) is 2.96. The Bertz CT molecular complexity index is 347. The lowest BCUT2D eigenvalue weighted by Gasteiger charge is -2.34. The quantitative estimate of drug-likeness (QED) is 0.482. The van der Waals surface area contributed by atoms with Crippen LogP contribution in [0, 0.1) is 5.41 Å². The number of guanidine groups is 1. The van der Waals surface area contributed by atoms with Crippen LogP contribution in [-0.4, -0.2) is 41.9 Å². The lowest BCUT2D eigenvalue weighted by Crippen LogP contribution is -2.50. The van der Waals surface area contributed by atoms with Gasteiger partial charge in [0.2, 0.25) is 0 Å². The second-order valence-electron chi connectivity index (χ2n) is 4.13. The highest BCUT2D eigenvalue weighted by atomic mass is 127. The van der Waals surface area contributed by atoms with Gasteiger partial charge in [0.15, 0.2) is 5.96 Å². The summed E-state index contributed by atoms with van der Waals surface area (Å²) in [6, 6.07) is 10.5. The summed E-state index contributed by atoms with van der Waals surface area (Å²) in [6.45, 7) is 4.68. The van der Waals surface area contributed by atoms with Gasteiger partial charge in [-0.3, -0.25) is 10.3 Å². The summed E-state index contributed by atoms with van der Waals surface area (Å²) < 4.78 is 0. The van der Waals surface area contributed by atoms with Crippen molar-refractivity contribution in [1.29, 1.82) is 5.41 Å². The number of nitrogens with zero attached hydrogens (tertiary/aromatic N) is 2. The summed E-state index contributed by atoms with van der Waals surface area (Å²) in [7, 11) is 0. The molecule has 5 heteroatoms. The first-order valence-corrected chi connectivity index (χ1v) is 5.61. The molecule has 0 radical (unpaired) electrons. The summed E-state index contributed by atoms with van der Waals surface area (Å²) in [6.07, 6.45) is 0. The molecular weight excluding hydrogens is 327 g/mol. The lowest BCUT2D eigenvalue weighted by molar-refractivity contribution is 0.174. The second kappa shape index (κ2) is 6.80. The molecule has 94 valence electrons. The minimum atomic E-state index is 0. The van der Waals surface area contributed by atoms with Crippen LogP contribution in [0.5, 0.6) is 0 Å². The van der Waals surface area contributed by atoms with E-state index in [1.165, 1.54) is 5.56 Å². The van der Waals surface area contributed by atoms with E-state index < -0.39 is 0 Å². The first kappa shape index (κ1) is 14.2. The Balaban J connectivity index is 0.00000144. The smallest absolute Gasteiger partial charge is 0.188 e. The molecule has 0 atom stereocenters. The standard InChI is InChI=1S/C12H18N4.HI/c13-12(14)16-8-6-15(7-9-16)10-11-4-2-1-3-5-11;/h1-5H,6-10H2,(H3,13,14);1H. The first-order valence-electron chi connectivity index (χ1n) is 5.61. The monoisotopic (exact) mass is 346 g/mol. The molecule has 4 nitrogen and oxygen atoms in total. The van der Waals surface area contributed by atoms with E-state index in [9.17, 15) is 0 Å². The molecule has 1 aromatic carbocycles. The fourth-order valence-corrected chi connectivity index (χ4v) is 1.99. The Hall–Kier alpha value is -0.820. The van der Waals surface area contributed by atoms with Gasteiger partial charge in [0.1, 0.15) is 0 Å². The second-order valence-corrected chi connectivity index (χ2v) is 4.13. The average molecular weight is 346 g/mol. The van der Waals surface area contributed by atoms with Crippen molar-refractivity contribution < 1.29 is 0 Å². The van der Waals surface area contributed by atoms with Crippen LogP contribution in [0.2, 0.25) is 0 Å². The van der Waals surface area contributed by atoms with Crippen LogP contribution >= 0.6 is 24.0 Å². The summed E-state index contributed by atoms with van der Waals surface area (Å²) in [5.74, 6) is 0.194. The van der Waals surface area contributed by atoms with Gasteiger partial charge in [-0.25, -0.2) is 0 Å². The largest absolute Gasteiger partial charge is 0.370 e. The number of halogens is 1. The Labute approximate surface area is 119 Å². The fraction of sp³-hybridized carbons (Fsp3) is 0.417. The van der Waals surface area contributed by atoms with Crippen LogP contribution in [0.4, 0.5) is 0 Å². The van der Waals surface area contributed by atoms with Gasteiger partial charge in [-0.2, -0.15) is 0 Å². The maximum atomic E-state index is 7.36. The zero-order valence-corrected chi connectivity index (χ0v) is 12.1. The van der Waals surface area contributed by atoms with Crippen LogP contribution in [0.15, 0.2) is 30.3 Å². The number of benzene rings is 1. The van der Waals surface area contributed by atoms with E-state index in [0.29, 0.717) is 0 Å². The molecular formula is C12H19IN4. The molecule has 0 bridgehead atoms. The van der Waals surface area contributed by atoms with Crippen molar-refractivity contribution in [3.8, 4) is 0 Å². The van der Waals surface area contributed by atoms with Gasteiger partial charge < -0.3 is 10.6 Å². The van der Waals surface area contributed by atoms with Crippen molar-refractivity contribution >= 4 is 29.9 Å². The molecule has 1 saturated heterocycles. The molecule has 3 N–H and O–H groups in total. The summed E-state index contributed by atoms with van der Waals surface area (Å²) >= 11 is 0. The molecule has 2 rings (SSSR count). The lowest BCUT2D eigenvalue weighted by atomic mass is 10.2. The number of nitrogens with one attached hydrogen (secondary N) is 1. The molecule has 0 unspecified atom stereocenters. The minimum absolute atomic E-state index is 0. The zero-order chi connectivity index (χ0) is 11.4. The van der Waals surface area contributed by atoms with Crippen LogP contribution in [-0.2, 0) is 6.54 Å². The van der Waals surface area contributed by atoms with E-state index in [0.717, 1.165) is 32.7 Å². The predicted octanol–water partition coefficient (Wildman–Crippen LogP) is 1.32. The molecule has 0 aliphatic carbocycles. The third-order valence-electron chi connectivity index (χ3n) is 2.96. The highest BCUT2D eigenvalue weighted by Crippen LogP contribution is 2.07. The summed E-state index contributed by atoms with van der Waals surface area (Å²) in [5.41, 5.74) is 6.80. The fourth-order valence-electron chi connectivity index (χ4n) is 1.99. The molecule has 0 saturated carbocycles. The Morgan fingerprint density at radius 1 is 1.12 bits per heavy atom. The van der Waals surface area contributed by atoms with E-state index in [1.54, 1.807) is 0 Å². The molecule has 0 aromatic heterocycles. The molecule has 1 fully saturated rings. The Kier molecular flexibility index (Phi) is 5.70. The summed E-state index contributed by atoms with van der Waals surface area (Å²) in [4.78, 5) is 4.32. The molecule has 0 spiro atoms. The normalized spacial score (nSPS) is 16.4. The van der Waals surface area contributed by atoms with E-state index >= 15 is 0 Å². The Morgan fingerprint density at radius 2 is 1.71 bits per heavy atom. The molecule has 1 aliphatic rings. The minimum Gasteiger partial charge on any atom is -0.370 e. The zero-order valence-electron chi connectivity index (χ0n) is 9.80. The van der Waals surface area contributed by atoms with Crippen LogP contribution < -0.4 is 5.73 Å². The number of rotatable bonds is 2. The highest BCUT2D eigenvalue weighted by molar-refractivity contribution is 14.0. The number of piperazine rings is 1. The van der Waals surface area contributed by atoms with Crippen molar-refractivity contribution in [2.24, 2.45) is 5.73 Å². The van der Waals surface area contributed by atoms with Crippen molar-refractivity contribution in [3.05, 3.63) is 35.9 Å². The SMILES string of the molecule is I.N=C(N)N1CCN(Cc2ccccc2)CC1. The van der Waals surface area contributed by atoms with Crippen molar-refractivity contribution in [3.63, 3.8) is 0 Å². The molecule has 0 amide bonds. The molecule has 1 aromatic rings. The van der Waals surface area contributed by atoms with Gasteiger partial charge in [-0.1, -0.05) is 30.3 Å². The van der Waals surface area contributed by atoms with Crippen LogP contribution in [0.3, 0.4) is 0 Å². The van der Waals surface area contributed by atoms with Crippen molar-refractivity contribution in [2.75, 3.05) is 26.2 Å². The third kappa shape index (κ3) is 4.16. The van der Waals surface area contributed by atoms with E-state index in [2.05, 4.69) is 29.2 Å². The van der Waals surface area contributed by atoms with Gasteiger partial charge in [0.05, 0.1) is 0 Å². The van der Waals surface area contributed by atoms with Crippen molar-refractivity contribution in [2.45, 2.75) is 6.54 Å². The number of hydrogen-bond acceptors (Lipinski definition) is 2. The van der Waals surface area contributed by atoms with Crippen molar-refractivity contribution in [1.82, 2.24) is 9.80 Å². The maximum absolute atomic E-state index is 7.36. The predicted molar refractivity (Wildman–Crippen MR) is 80.6 cm³/mol. The first-order chi connectivity index (χ1) is 7.75. The number of hydrogen-bond donors (Lipinski definition) is 2. The van der Waals surface area contributed by atoms with E-state index in [1.807, 2.05) is 11.0 Å². The van der Waals surface area contributed by atoms with Crippen LogP contribution in [0.25, 0.3) is 0 Å². The molecule has 17 heavy (non-hydrogen) atoms. The Morgan fingerprint density at radius 3 is 2.24 bits per heavy atom. The molecule has 1 aliphatic heterocycles. The average Bonchev–Trinajstić information content (AvgIpc) is 2.31. The van der Waals surface area contributed by atoms with Gasteiger partial charge >= 0.3 is 0 Å². The number of nitrogens with two attached hydrogens (primary N) is 1. The summed E-state index contributed by atoms with van der Waals surface area (Å²) in [5, 5.41) is 7.36. The van der Waals surface area contributed by atoms with Crippen LogP contribution in [0.1, 0.15) is 5.56 Å². The molecule has 1 heterocycles. The van der Waals surface area contributed by atoms with Gasteiger partial charge in [0.25, 0.3) is 0 Å². The topological polar surface area (TPSA) is 56.4 Å². The van der Waals surface area contributed by atoms with E-state index in [4.69, 9.17) is 11.1 Å².